The van der Waals surface area contributed by atoms with Crippen molar-refractivity contribution in [3.05, 3.63) is 35.5 Å². The second-order valence-electron chi connectivity index (χ2n) is 5.85. The molecule has 0 spiro atoms. The zero-order valence-electron chi connectivity index (χ0n) is 13.1. The Kier molecular flexibility index (Phi) is 4.16. The summed E-state index contributed by atoms with van der Waals surface area (Å²) in [5.41, 5.74) is 3.21. The van der Waals surface area contributed by atoms with E-state index in [1.807, 2.05) is 32.0 Å². The van der Waals surface area contributed by atoms with Gasteiger partial charge in [-0.25, -0.2) is 8.42 Å². The maximum absolute atomic E-state index is 11.5. The Hall–Kier alpha value is -2.22. The van der Waals surface area contributed by atoms with Gasteiger partial charge in [-0.15, -0.1) is 5.10 Å². The van der Waals surface area contributed by atoms with E-state index in [2.05, 4.69) is 25.8 Å². The van der Waals surface area contributed by atoms with Crippen LogP contribution in [0.4, 0.5) is 17.5 Å². The van der Waals surface area contributed by atoms with Gasteiger partial charge < -0.3 is 10.6 Å². The summed E-state index contributed by atoms with van der Waals surface area (Å²) in [6, 6.07) is 5.97. The SMILES string of the molecule is Cc1ccc(C)c(Nc2cnnc(NC3CCS(=O)(=O)C3)n2)c1. The highest BCUT2D eigenvalue weighted by molar-refractivity contribution is 7.91. The van der Waals surface area contributed by atoms with Crippen LogP contribution in [-0.4, -0.2) is 41.1 Å². The highest BCUT2D eigenvalue weighted by Crippen LogP contribution is 2.21. The monoisotopic (exact) mass is 333 g/mol. The minimum atomic E-state index is -2.94. The fourth-order valence-corrected chi connectivity index (χ4v) is 4.20. The van der Waals surface area contributed by atoms with Crippen LogP contribution in [0.2, 0.25) is 0 Å². The lowest BCUT2D eigenvalue weighted by molar-refractivity contribution is 0.602. The lowest BCUT2D eigenvalue weighted by Crippen LogP contribution is -2.22. The maximum Gasteiger partial charge on any atom is 0.244 e. The van der Waals surface area contributed by atoms with Crippen LogP contribution in [0.15, 0.2) is 24.4 Å². The summed E-state index contributed by atoms with van der Waals surface area (Å²) in [6.07, 6.45) is 2.11. The van der Waals surface area contributed by atoms with Crippen molar-refractivity contribution < 1.29 is 8.42 Å². The van der Waals surface area contributed by atoms with Crippen LogP contribution < -0.4 is 10.6 Å². The molecule has 1 unspecified atom stereocenters. The molecule has 122 valence electrons. The van der Waals surface area contributed by atoms with Crippen molar-refractivity contribution in [1.29, 1.82) is 0 Å². The normalized spacial score (nSPS) is 19.5. The number of aromatic nitrogens is 3. The average molecular weight is 333 g/mol. The highest BCUT2D eigenvalue weighted by Gasteiger charge is 2.28. The maximum atomic E-state index is 11.5. The highest BCUT2D eigenvalue weighted by atomic mass is 32.2. The quantitative estimate of drug-likeness (QED) is 0.881. The van der Waals surface area contributed by atoms with Crippen molar-refractivity contribution in [2.24, 2.45) is 0 Å². The summed E-state index contributed by atoms with van der Waals surface area (Å²) in [5.74, 6) is 1.23. The minimum absolute atomic E-state index is 0.116. The van der Waals surface area contributed by atoms with Crippen LogP contribution in [0.3, 0.4) is 0 Å². The van der Waals surface area contributed by atoms with E-state index in [4.69, 9.17) is 0 Å². The summed E-state index contributed by atoms with van der Waals surface area (Å²) < 4.78 is 23.0. The number of nitrogens with zero attached hydrogens (tertiary/aromatic N) is 3. The Morgan fingerprint density at radius 2 is 2.09 bits per heavy atom. The Labute approximate surface area is 135 Å². The lowest BCUT2D eigenvalue weighted by Gasteiger charge is -2.12. The molecule has 1 saturated heterocycles. The van der Waals surface area contributed by atoms with E-state index in [9.17, 15) is 8.42 Å². The summed E-state index contributed by atoms with van der Waals surface area (Å²) in [7, 11) is -2.94. The van der Waals surface area contributed by atoms with Gasteiger partial charge in [-0.05, 0) is 37.5 Å². The molecule has 0 amide bonds. The molecule has 0 radical (unpaired) electrons. The van der Waals surface area contributed by atoms with Crippen molar-refractivity contribution in [2.45, 2.75) is 26.3 Å². The third-order valence-electron chi connectivity index (χ3n) is 3.78. The molecule has 3 rings (SSSR count). The number of sulfone groups is 1. The molecule has 1 aromatic carbocycles. The molecule has 7 nitrogen and oxygen atoms in total. The predicted molar refractivity (Wildman–Crippen MR) is 89.7 cm³/mol. The van der Waals surface area contributed by atoms with Crippen LogP contribution in [0.25, 0.3) is 0 Å². The fraction of sp³-hybridized carbons (Fsp3) is 0.400. The van der Waals surface area contributed by atoms with Gasteiger partial charge in [-0.2, -0.15) is 10.1 Å². The predicted octanol–water partition coefficient (Wildman–Crippen LogP) is 1.83. The molecule has 1 aliphatic rings. The zero-order valence-corrected chi connectivity index (χ0v) is 13.9. The smallest absolute Gasteiger partial charge is 0.244 e. The number of rotatable bonds is 4. The van der Waals surface area contributed by atoms with Gasteiger partial charge in [0, 0.05) is 11.7 Å². The molecule has 0 saturated carbocycles. The molecule has 8 heteroatoms. The first-order chi connectivity index (χ1) is 10.9. The third kappa shape index (κ3) is 3.95. The van der Waals surface area contributed by atoms with E-state index < -0.39 is 9.84 Å². The standard InChI is InChI=1S/C15H19N5O2S/c1-10-3-4-11(2)13(7-10)18-14-8-16-20-15(19-14)17-12-5-6-23(21,22)9-12/h3-4,7-8,12H,5-6,9H2,1-2H3,(H2,17,18,19,20). The first kappa shape index (κ1) is 15.7. The molecule has 23 heavy (non-hydrogen) atoms. The number of nitrogens with one attached hydrogen (secondary N) is 2. The van der Waals surface area contributed by atoms with Crippen LogP contribution >= 0.6 is 0 Å². The van der Waals surface area contributed by atoms with Crippen LogP contribution in [0.5, 0.6) is 0 Å². The first-order valence-electron chi connectivity index (χ1n) is 7.42. The van der Waals surface area contributed by atoms with Crippen molar-refractivity contribution >= 4 is 27.3 Å². The van der Waals surface area contributed by atoms with Crippen molar-refractivity contribution in [3.63, 3.8) is 0 Å². The molecular formula is C15H19N5O2S. The van der Waals surface area contributed by atoms with E-state index in [-0.39, 0.29) is 17.5 Å². The van der Waals surface area contributed by atoms with Gasteiger partial charge in [0.1, 0.15) is 0 Å². The Bertz CT molecular complexity index is 822. The van der Waals surface area contributed by atoms with E-state index in [0.29, 0.717) is 18.2 Å². The van der Waals surface area contributed by atoms with Crippen molar-refractivity contribution in [1.82, 2.24) is 15.2 Å². The van der Waals surface area contributed by atoms with E-state index >= 15 is 0 Å². The molecule has 2 N–H and O–H groups in total. The number of benzene rings is 1. The Morgan fingerprint density at radius 1 is 1.26 bits per heavy atom. The van der Waals surface area contributed by atoms with Gasteiger partial charge in [-0.3, -0.25) is 0 Å². The van der Waals surface area contributed by atoms with Gasteiger partial charge in [0.25, 0.3) is 0 Å². The Morgan fingerprint density at radius 3 is 2.83 bits per heavy atom. The second-order valence-corrected chi connectivity index (χ2v) is 8.08. The van der Waals surface area contributed by atoms with Gasteiger partial charge in [0.15, 0.2) is 15.7 Å². The van der Waals surface area contributed by atoms with Gasteiger partial charge >= 0.3 is 0 Å². The number of anilines is 3. The molecule has 1 atom stereocenters. The van der Waals surface area contributed by atoms with Crippen molar-refractivity contribution in [3.8, 4) is 0 Å². The van der Waals surface area contributed by atoms with Gasteiger partial charge in [0.2, 0.25) is 5.95 Å². The molecular weight excluding hydrogens is 314 g/mol. The van der Waals surface area contributed by atoms with E-state index in [1.54, 1.807) is 6.20 Å². The number of hydrogen-bond donors (Lipinski definition) is 2. The molecule has 1 aliphatic heterocycles. The van der Waals surface area contributed by atoms with Crippen molar-refractivity contribution in [2.75, 3.05) is 22.1 Å². The average Bonchev–Trinajstić information content (AvgIpc) is 2.82. The molecule has 1 fully saturated rings. The van der Waals surface area contributed by atoms with Crippen LogP contribution in [0, 0.1) is 13.8 Å². The minimum Gasteiger partial charge on any atom is -0.349 e. The molecule has 0 bridgehead atoms. The van der Waals surface area contributed by atoms with Gasteiger partial charge in [0.05, 0.1) is 17.7 Å². The van der Waals surface area contributed by atoms with Crippen LogP contribution in [0.1, 0.15) is 17.5 Å². The molecule has 0 aliphatic carbocycles. The Balaban J connectivity index is 1.74. The molecule has 2 heterocycles. The first-order valence-corrected chi connectivity index (χ1v) is 9.24. The topological polar surface area (TPSA) is 96.9 Å². The fourth-order valence-electron chi connectivity index (χ4n) is 2.52. The second kappa shape index (κ2) is 6.11. The largest absolute Gasteiger partial charge is 0.349 e. The van der Waals surface area contributed by atoms with E-state index in [0.717, 1.165) is 16.8 Å². The lowest BCUT2D eigenvalue weighted by atomic mass is 10.1. The number of aryl methyl sites for hydroxylation is 2. The summed E-state index contributed by atoms with van der Waals surface area (Å²) in [5, 5.41) is 14.1. The number of hydrogen-bond acceptors (Lipinski definition) is 7. The third-order valence-corrected chi connectivity index (χ3v) is 5.55. The zero-order chi connectivity index (χ0) is 16.4. The summed E-state index contributed by atoms with van der Waals surface area (Å²) in [6.45, 7) is 4.04. The summed E-state index contributed by atoms with van der Waals surface area (Å²) >= 11 is 0. The summed E-state index contributed by atoms with van der Waals surface area (Å²) in [4.78, 5) is 4.36. The van der Waals surface area contributed by atoms with Crippen LogP contribution in [-0.2, 0) is 9.84 Å². The molecule has 1 aromatic heterocycles. The van der Waals surface area contributed by atoms with Gasteiger partial charge in [-0.1, -0.05) is 12.1 Å². The molecule has 2 aromatic rings. The van der Waals surface area contributed by atoms with E-state index in [1.165, 1.54) is 0 Å².